The van der Waals surface area contributed by atoms with E-state index in [-0.39, 0.29) is 12.0 Å². The number of likely N-dealkylation sites (tertiary alicyclic amines) is 1. The highest BCUT2D eigenvalue weighted by Crippen LogP contribution is 2.20. The van der Waals surface area contributed by atoms with E-state index in [1.165, 1.54) is 0 Å². The van der Waals surface area contributed by atoms with Crippen molar-refractivity contribution in [3.8, 4) is 5.75 Å². The van der Waals surface area contributed by atoms with Gasteiger partial charge in [0.25, 0.3) is 5.91 Å². The molecular weight excluding hydrogens is 330 g/mol. The van der Waals surface area contributed by atoms with E-state index in [0.717, 1.165) is 36.8 Å². The number of hydrogen-bond donors (Lipinski definition) is 2. The van der Waals surface area contributed by atoms with Gasteiger partial charge >= 0.3 is 0 Å². The second kappa shape index (κ2) is 7.13. The van der Waals surface area contributed by atoms with Crippen molar-refractivity contribution in [2.45, 2.75) is 18.9 Å². The van der Waals surface area contributed by atoms with E-state index < -0.39 is 0 Å². The molecule has 3 heterocycles. The summed E-state index contributed by atoms with van der Waals surface area (Å²) in [7, 11) is 2.10. The van der Waals surface area contributed by atoms with Gasteiger partial charge in [0.15, 0.2) is 0 Å². The number of fused-ring (bicyclic) bond motifs is 1. The van der Waals surface area contributed by atoms with Gasteiger partial charge in [-0.1, -0.05) is 0 Å². The molecule has 7 heteroatoms. The topological polar surface area (TPSA) is 83.1 Å². The number of piperidine rings is 1. The number of amides is 1. The molecule has 0 saturated carbocycles. The number of carbonyl (C=O) groups is 1. The molecule has 7 nitrogen and oxygen atoms in total. The predicted octanol–water partition coefficient (Wildman–Crippen LogP) is 2.68. The van der Waals surface area contributed by atoms with Gasteiger partial charge in [-0.05, 0) is 50.7 Å². The number of nitrogens with zero attached hydrogens (tertiary/aromatic N) is 3. The summed E-state index contributed by atoms with van der Waals surface area (Å²) in [5, 5.41) is 10.7. The van der Waals surface area contributed by atoms with Crippen molar-refractivity contribution in [3.05, 3.63) is 48.4 Å². The third-order valence-electron chi connectivity index (χ3n) is 4.55. The molecule has 1 amide bonds. The molecule has 3 aromatic rings. The maximum absolute atomic E-state index is 12.5. The van der Waals surface area contributed by atoms with Crippen LogP contribution in [0.25, 0.3) is 10.9 Å². The standard InChI is InChI=1S/C19H21N5O2/c1-24-8-2-3-16(12-24)26-15-6-7-20-18(10-15)19(25)22-14-4-5-17-13(9-14)11-21-23-17/h4-7,9-11,16H,2-3,8,12H2,1H3,(H,21,23)(H,22,25). The van der Waals surface area contributed by atoms with Gasteiger partial charge in [0.05, 0.1) is 11.7 Å². The van der Waals surface area contributed by atoms with Crippen molar-refractivity contribution in [2.24, 2.45) is 0 Å². The average molecular weight is 351 g/mol. The van der Waals surface area contributed by atoms with Gasteiger partial charge in [-0.15, -0.1) is 0 Å². The lowest BCUT2D eigenvalue weighted by Crippen LogP contribution is -2.38. The van der Waals surface area contributed by atoms with Crippen LogP contribution in [0.2, 0.25) is 0 Å². The Kier molecular flexibility index (Phi) is 4.53. The summed E-state index contributed by atoms with van der Waals surface area (Å²) in [5.74, 6) is 0.412. The fourth-order valence-electron chi connectivity index (χ4n) is 3.23. The van der Waals surface area contributed by atoms with Crippen LogP contribution in [0.5, 0.6) is 5.75 Å². The van der Waals surface area contributed by atoms with Gasteiger partial charge in [-0.25, -0.2) is 0 Å². The number of aromatic amines is 1. The van der Waals surface area contributed by atoms with Crippen LogP contribution < -0.4 is 10.1 Å². The Hall–Kier alpha value is -2.93. The Morgan fingerprint density at radius 2 is 2.27 bits per heavy atom. The number of H-pyrrole nitrogens is 1. The summed E-state index contributed by atoms with van der Waals surface area (Å²) in [4.78, 5) is 19.0. The molecule has 1 aliphatic rings. The van der Waals surface area contributed by atoms with E-state index >= 15 is 0 Å². The van der Waals surface area contributed by atoms with Crippen LogP contribution in [0.3, 0.4) is 0 Å². The zero-order chi connectivity index (χ0) is 17.9. The number of likely N-dealkylation sites (N-methyl/N-ethyl adjacent to an activating group) is 1. The van der Waals surface area contributed by atoms with Crippen LogP contribution in [-0.4, -0.2) is 52.2 Å². The molecule has 0 spiro atoms. The number of hydrogen-bond acceptors (Lipinski definition) is 5. The first-order valence-electron chi connectivity index (χ1n) is 8.73. The molecule has 2 aromatic heterocycles. The Bertz CT molecular complexity index is 923. The smallest absolute Gasteiger partial charge is 0.274 e. The minimum Gasteiger partial charge on any atom is -0.489 e. The van der Waals surface area contributed by atoms with Crippen molar-refractivity contribution in [1.82, 2.24) is 20.1 Å². The highest BCUT2D eigenvalue weighted by atomic mass is 16.5. The van der Waals surface area contributed by atoms with E-state index in [1.807, 2.05) is 18.2 Å². The molecule has 1 fully saturated rings. The van der Waals surface area contributed by atoms with Gasteiger partial charge in [0.1, 0.15) is 17.5 Å². The molecule has 0 aliphatic carbocycles. The zero-order valence-electron chi connectivity index (χ0n) is 14.6. The molecule has 4 rings (SSSR count). The molecule has 1 unspecified atom stereocenters. The molecule has 2 N–H and O–H groups in total. The van der Waals surface area contributed by atoms with Crippen LogP contribution in [0, 0.1) is 0 Å². The molecule has 0 radical (unpaired) electrons. The number of carbonyl (C=O) groups excluding carboxylic acids is 1. The highest BCUT2D eigenvalue weighted by Gasteiger charge is 2.19. The summed E-state index contributed by atoms with van der Waals surface area (Å²) < 4.78 is 6.04. The maximum atomic E-state index is 12.5. The van der Waals surface area contributed by atoms with Gasteiger partial charge in [0, 0.05) is 29.9 Å². The molecular formula is C19H21N5O2. The number of benzene rings is 1. The van der Waals surface area contributed by atoms with Crippen LogP contribution >= 0.6 is 0 Å². The molecule has 134 valence electrons. The summed E-state index contributed by atoms with van der Waals surface area (Å²) in [6.45, 7) is 2.00. The van der Waals surface area contributed by atoms with E-state index in [0.29, 0.717) is 17.1 Å². The minimum absolute atomic E-state index is 0.149. The maximum Gasteiger partial charge on any atom is 0.274 e. The van der Waals surface area contributed by atoms with Crippen molar-refractivity contribution in [2.75, 3.05) is 25.5 Å². The number of aromatic nitrogens is 3. The molecule has 1 saturated heterocycles. The van der Waals surface area contributed by atoms with Crippen LogP contribution in [-0.2, 0) is 0 Å². The number of rotatable bonds is 4. The molecule has 1 atom stereocenters. The zero-order valence-corrected chi connectivity index (χ0v) is 14.6. The lowest BCUT2D eigenvalue weighted by molar-refractivity contribution is 0.100. The quantitative estimate of drug-likeness (QED) is 0.755. The SMILES string of the molecule is CN1CCCC(Oc2ccnc(C(=O)Nc3ccc4[nH]ncc4c3)c2)C1. The highest BCUT2D eigenvalue weighted by molar-refractivity contribution is 6.03. The van der Waals surface area contributed by atoms with Gasteiger partial charge < -0.3 is 15.0 Å². The number of anilines is 1. The summed E-state index contributed by atoms with van der Waals surface area (Å²) >= 11 is 0. The third kappa shape index (κ3) is 3.67. The monoisotopic (exact) mass is 351 g/mol. The van der Waals surface area contributed by atoms with Gasteiger partial charge in [-0.3, -0.25) is 14.9 Å². The Labute approximate surface area is 151 Å². The van der Waals surface area contributed by atoms with E-state index in [9.17, 15) is 4.79 Å². The number of pyridine rings is 1. The summed E-state index contributed by atoms with van der Waals surface area (Å²) in [6, 6.07) is 9.07. The van der Waals surface area contributed by atoms with Crippen molar-refractivity contribution >= 4 is 22.5 Å². The van der Waals surface area contributed by atoms with Crippen molar-refractivity contribution in [3.63, 3.8) is 0 Å². The minimum atomic E-state index is -0.265. The average Bonchev–Trinajstić information content (AvgIpc) is 3.10. The Balaban J connectivity index is 1.45. The first-order chi connectivity index (χ1) is 12.7. The Morgan fingerprint density at radius 1 is 1.35 bits per heavy atom. The molecule has 1 aromatic carbocycles. The fourth-order valence-corrected chi connectivity index (χ4v) is 3.23. The first-order valence-corrected chi connectivity index (χ1v) is 8.73. The largest absolute Gasteiger partial charge is 0.489 e. The van der Waals surface area contributed by atoms with E-state index in [4.69, 9.17) is 4.74 Å². The van der Waals surface area contributed by atoms with Gasteiger partial charge in [0.2, 0.25) is 0 Å². The fraction of sp³-hybridized carbons (Fsp3) is 0.316. The number of ether oxygens (including phenoxy) is 1. The first kappa shape index (κ1) is 16.5. The summed E-state index contributed by atoms with van der Waals surface area (Å²) in [5.41, 5.74) is 1.96. The third-order valence-corrected chi connectivity index (χ3v) is 4.55. The normalized spacial score (nSPS) is 18.0. The molecule has 26 heavy (non-hydrogen) atoms. The van der Waals surface area contributed by atoms with Crippen molar-refractivity contribution in [1.29, 1.82) is 0 Å². The molecule has 0 bridgehead atoms. The van der Waals surface area contributed by atoms with Gasteiger partial charge in [-0.2, -0.15) is 5.10 Å². The van der Waals surface area contributed by atoms with Crippen LogP contribution in [0.4, 0.5) is 5.69 Å². The second-order valence-corrected chi connectivity index (χ2v) is 6.65. The lowest BCUT2D eigenvalue weighted by Gasteiger charge is -2.30. The predicted molar refractivity (Wildman–Crippen MR) is 99.4 cm³/mol. The van der Waals surface area contributed by atoms with E-state index in [1.54, 1.807) is 24.5 Å². The van der Waals surface area contributed by atoms with Crippen LogP contribution in [0.1, 0.15) is 23.3 Å². The second-order valence-electron chi connectivity index (χ2n) is 6.65. The Morgan fingerprint density at radius 3 is 3.15 bits per heavy atom. The molecule has 1 aliphatic heterocycles. The van der Waals surface area contributed by atoms with Crippen molar-refractivity contribution < 1.29 is 9.53 Å². The summed E-state index contributed by atoms with van der Waals surface area (Å²) in [6.07, 6.45) is 5.62. The lowest BCUT2D eigenvalue weighted by atomic mass is 10.1. The number of nitrogens with one attached hydrogen (secondary N) is 2. The van der Waals surface area contributed by atoms with Crippen LogP contribution in [0.15, 0.2) is 42.7 Å². The van der Waals surface area contributed by atoms with E-state index in [2.05, 4.69) is 32.4 Å².